The van der Waals surface area contributed by atoms with Gasteiger partial charge in [-0.25, -0.2) is 8.78 Å². The number of aliphatic hydroxyl groups is 1. The minimum atomic E-state index is -0.832. The van der Waals surface area contributed by atoms with E-state index in [0.717, 1.165) is 17.4 Å². The SMILES string of the molecule is COc1cccc(CNC[C@H](O)[C@@H](N)Cc2cc(F)cc(F)c2)c1. The molecule has 0 saturated carbocycles. The summed E-state index contributed by atoms with van der Waals surface area (Å²) in [6, 6.07) is 10.2. The zero-order chi connectivity index (χ0) is 17.5. The van der Waals surface area contributed by atoms with Crippen molar-refractivity contribution >= 4 is 0 Å². The Balaban J connectivity index is 1.81. The van der Waals surface area contributed by atoms with Crippen LogP contribution >= 0.6 is 0 Å². The molecule has 0 bridgehead atoms. The molecule has 0 aliphatic heterocycles. The van der Waals surface area contributed by atoms with Gasteiger partial charge >= 0.3 is 0 Å². The Hall–Kier alpha value is -2.02. The summed E-state index contributed by atoms with van der Waals surface area (Å²) >= 11 is 0. The number of hydrogen-bond donors (Lipinski definition) is 3. The van der Waals surface area contributed by atoms with E-state index in [9.17, 15) is 13.9 Å². The van der Waals surface area contributed by atoms with Crippen molar-refractivity contribution in [3.63, 3.8) is 0 Å². The number of halogens is 2. The number of aliphatic hydroxyl groups excluding tert-OH is 1. The second-order valence-corrected chi connectivity index (χ2v) is 5.70. The van der Waals surface area contributed by atoms with Gasteiger partial charge in [-0.15, -0.1) is 0 Å². The molecule has 2 aromatic carbocycles. The van der Waals surface area contributed by atoms with Gasteiger partial charge in [0.25, 0.3) is 0 Å². The topological polar surface area (TPSA) is 67.5 Å². The van der Waals surface area contributed by atoms with Crippen LogP contribution in [-0.2, 0) is 13.0 Å². The highest BCUT2D eigenvalue weighted by molar-refractivity contribution is 5.28. The van der Waals surface area contributed by atoms with E-state index in [4.69, 9.17) is 10.5 Å². The minimum Gasteiger partial charge on any atom is -0.497 e. The van der Waals surface area contributed by atoms with Crippen LogP contribution in [0.25, 0.3) is 0 Å². The maximum Gasteiger partial charge on any atom is 0.126 e. The zero-order valence-electron chi connectivity index (χ0n) is 13.5. The summed E-state index contributed by atoms with van der Waals surface area (Å²) in [6.07, 6.45) is -0.640. The number of nitrogens with two attached hydrogens (primary N) is 1. The number of hydrogen-bond acceptors (Lipinski definition) is 4. The minimum absolute atomic E-state index is 0.191. The van der Waals surface area contributed by atoms with Crippen LogP contribution < -0.4 is 15.8 Å². The average molecular weight is 336 g/mol. The molecule has 2 aromatic rings. The van der Waals surface area contributed by atoms with Crippen molar-refractivity contribution in [1.29, 1.82) is 0 Å². The van der Waals surface area contributed by atoms with E-state index in [1.807, 2.05) is 24.3 Å². The van der Waals surface area contributed by atoms with Crippen LogP contribution in [0.3, 0.4) is 0 Å². The van der Waals surface area contributed by atoms with Crippen LogP contribution in [-0.4, -0.2) is 30.9 Å². The van der Waals surface area contributed by atoms with E-state index in [-0.39, 0.29) is 13.0 Å². The molecule has 130 valence electrons. The molecule has 0 fully saturated rings. The van der Waals surface area contributed by atoms with Crippen LogP contribution in [0.4, 0.5) is 8.78 Å². The molecule has 2 atom stereocenters. The van der Waals surface area contributed by atoms with E-state index in [0.29, 0.717) is 12.1 Å². The first kappa shape index (κ1) is 18.3. The third kappa shape index (κ3) is 5.56. The quantitative estimate of drug-likeness (QED) is 0.690. The summed E-state index contributed by atoms with van der Waals surface area (Å²) in [7, 11) is 1.60. The summed E-state index contributed by atoms with van der Waals surface area (Å²) in [5.41, 5.74) is 7.36. The number of rotatable bonds is 8. The van der Waals surface area contributed by atoms with Gasteiger partial charge in [-0.05, 0) is 41.8 Å². The number of ether oxygens (including phenoxy) is 1. The molecule has 2 rings (SSSR count). The lowest BCUT2D eigenvalue weighted by atomic mass is 10.0. The van der Waals surface area contributed by atoms with Gasteiger partial charge in [-0.3, -0.25) is 0 Å². The van der Waals surface area contributed by atoms with E-state index in [1.165, 1.54) is 12.1 Å². The van der Waals surface area contributed by atoms with Gasteiger partial charge in [0.05, 0.1) is 13.2 Å². The lowest BCUT2D eigenvalue weighted by molar-refractivity contribution is 0.141. The van der Waals surface area contributed by atoms with Crippen LogP contribution in [0.2, 0.25) is 0 Å². The molecule has 4 nitrogen and oxygen atoms in total. The molecule has 0 aromatic heterocycles. The van der Waals surface area contributed by atoms with E-state index in [1.54, 1.807) is 7.11 Å². The standard InChI is InChI=1S/C18H22F2N2O2/c1-24-16-4-2-3-12(7-16)10-22-11-18(23)17(21)8-13-5-14(19)9-15(20)6-13/h2-7,9,17-18,22-23H,8,10-11,21H2,1H3/t17-,18-/m0/s1. The first-order valence-corrected chi connectivity index (χ1v) is 7.70. The monoisotopic (exact) mass is 336 g/mol. The van der Waals surface area contributed by atoms with E-state index in [2.05, 4.69) is 5.32 Å². The largest absolute Gasteiger partial charge is 0.497 e. The molecule has 0 saturated heterocycles. The van der Waals surface area contributed by atoms with Crippen molar-refractivity contribution in [3.8, 4) is 5.75 Å². The Morgan fingerprint density at radius 3 is 2.50 bits per heavy atom. The van der Waals surface area contributed by atoms with Gasteiger partial charge in [-0.1, -0.05) is 12.1 Å². The third-order valence-corrected chi connectivity index (χ3v) is 3.70. The normalized spacial score (nSPS) is 13.5. The van der Waals surface area contributed by atoms with Crippen molar-refractivity contribution in [1.82, 2.24) is 5.32 Å². The summed E-state index contributed by atoms with van der Waals surface area (Å²) in [5.74, 6) is -0.537. The molecule has 6 heteroatoms. The number of nitrogens with one attached hydrogen (secondary N) is 1. The molecule has 0 aliphatic rings. The van der Waals surface area contributed by atoms with Crippen molar-refractivity contribution in [2.75, 3.05) is 13.7 Å². The molecule has 0 unspecified atom stereocenters. The fourth-order valence-corrected chi connectivity index (χ4v) is 2.44. The van der Waals surface area contributed by atoms with Crippen LogP contribution in [0.1, 0.15) is 11.1 Å². The summed E-state index contributed by atoms with van der Waals surface area (Å²) < 4.78 is 31.5. The number of benzene rings is 2. The second-order valence-electron chi connectivity index (χ2n) is 5.70. The summed E-state index contributed by atoms with van der Waals surface area (Å²) in [5, 5.41) is 13.2. The smallest absolute Gasteiger partial charge is 0.126 e. The first-order chi connectivity index (χ1) is 11.5. The van der Waals surface area contributed by atoms with Gasteiger partial charge in [0, 0.05) is 25.2 Å². The molecule has 0 aliphatic carbocycles. The maximum absolute atomic E-state index is 13.2. The van der Waals surface area contributed by atoms with Gasteiger partial charge in [0.2, 0.25) is 0 Å². The van der Waals surface area contributed by atoms with Gasteiger partial charge in [0.15, 0.2) is 0 Å². The van der Waals surface area contributed by atoms with Crippen LogP contribution in [0, 0.1) is 11.6 Å². The van der Waals surface area contributed by atoms with Crippen molar-refractivity contribution in [3.05, 3.63) is 65.2 Å². The summed E-state index contributed by atoms with van der Waals surface area (Å²) in [4.78, 5) is 0. The molecule has 24 heavy (non-hydrogen) atoms. The highest BCUT2D eigenvalue weighted by atomic mass is 19.1. The first-order valence-electron chi connectivity index (χ1n) is 7.70. The van der Waals surface area contributed by atoms with Crippen LogP contribution in [0.5, 0.6) is 5.75 Å². The predicted molar refractivity (Wildman–Crippen MR) is 88.7 cm³/mol. The zero-order valence-corrected chi connectivity index (χ0v) is 13.5. The lowest BCUT2D eigenvalue weighted by Gasteiger charge is -2.19. The Labute approximate surface area is 140 Å². The molecule has 0 heterocycles. The molecular weight excluding hydrogens is 314 g/mol. The lowest BCUT2D eigenvalue weighted by Crippen LogP contribution is -2.43. The van der Waals surface area contributed by atoms with Crippen molar-refractivity contribution < 1.29 is 18.6 Å². The Morgan fingerprint density at radius 2 is 1.83 bits per heavy atom. The van der Waals surface area contributed by atoms with Crippen LogP contribution in [0.15, 0.2) is 42.5 Å². The predicted octanol–water partition coefficient (Wildman–Crippen LogP) is 1.99. The fraction of sp³-hybridized carbons (Fsp3) is 0.333. The van der Waals surface area contributed by atoms with E-state index >= 15 is 0 Å². The Kier molecular flexibility index (Phi) is 6.66. The highest BCUT2D eigenvalue weighted by Crippen LogP contribution is 2.13. The fourth-order valence-electron chi connectivity index (χ4n) is 2.44. The number of methoxy groups -OCH3 is 1. The third-order valence-electron chi connectivity index (χ3n) is 3.70. The molecule has 0 spiro atoms. The second kappa shape index (κ2) is 8.73. The average Bonchev–Trinajstić information content (AvgIpc) is 2.54. The highest BCUT2D eigenvalue weighted by Gasteiger charge is 2.16. The molecule has 0 radical (unpaired) electrons. The van der Waals surface area contributed by atoms with Crippen molar-refractivity contribution in [2.24, 2.45) is 5.73 Å². The van der Waals surface area contributed by atoms with E-state index < -0.39 is 23.8 Å². The van der Waals surface area contributed by atoms with Crippen molar-refractivity contribution in [2.45, 2.75) is 25.1 Å². The van der Waals surface area contributed by atoms with Gasteiger partial charge < -0.3 is 20.9 Å². The Bertz CT molecular complexity index is 647. The molecule has 0 amide bonds. The maximum atomic E-state index is 13.2. The summed E-state index contributed by atoms with van der Waals surface area (Å²) in [6.45, 7) is 0.825. The van der Waals surface area contributed by atoms with Gasteiger partial charge in [0.1, 0.15) is 17.4 Å². The molecule has 4 N–H and O–H groups in total. The molecular formula is C18H22F2N2O2. The van der Waals surface area contributed by atoms with Gasteiger partial charge in [-0.2, -0.15) is 0 Å². The Morgan fingerprint density at radius 1 is 1.12 bits per heavy atom.